The summed E-state index contributed by atoms with van der Waals surface area (Å²) < 4.78 is 25.0. The summed E-state index contributed by atoms with van der Waals surface area (Å²) in [5.41, 5.74) is 0.778. The fourth-order valence-corrected chi connectivity index (χ4v) is 3.30. The molecule has 1 saturated heterocycles. The summed E-state index contributed by atoms with van der Waals surface area (Å²) in [5.74, 6) is -0.0337. The number of rotatable bonds is 5. The molecule has 0 bridgehead atoms. The number of carbonyl (C=O) groups excluding carboxylic acids is 1. The number of ether oxygens (including phenoxy) is 1. The molecule has 1 aliphatic heterocycles. The van der Waals surface area contributed by atoms with Gasteiger partial charge in [0, 0.05) is 37.1 Å². The number of nitrogens with zero attached hydrogens (tertiary/aromatic N) is 1. The van der Waals surface area contributed by atoms with Crippen LogP contribution in [0.4, 0.5) is 4.39 Å². The maximum Gasteiger partial charge on any atom is 0.287 e. The van der Waals surface area contributed by atoms with Gasteiger partial charge >= 0.3 is 0 Å². The molecule has 2 aromatic rings. The molecule has 2 heterocycles. The quantitative estimate of drug-likeness (QED) is 0.903. The van der Waals surface area contributed by atoms with Crippen LogP contribution in [0.1, 0.15) is 30.0 Å². The Kier molecular flexibility index (Phi) is 5.39. The number of fused-ring (bicyclic) bond motifs is 1. The van der Waals surface area contributed by atoms with E-state index in [0.29, 0.717) is 30.0 Å². The molecule has 3 rings (SSSR count). The first kappa shape index (κ1) is 17.9. The van der Waals surface area contributed by atoms with Gasteiger partial charge in [-0.25, -0.2) is 4.39 Å². The zero-order valence-electron chi connectivity index (χ0n) is 15.0. The van der Waals surface area contributed by atoms with E-state index in [1.807, 2.05) is 0 Å². The van der Waals surface area contributed by atoms with Gasteiger partial charge in [0.05, 0.1) is 12.7 Å². The van der Waals surface area contributed by atoms with E-state index in [1.54, 1.807) is 19.1 Å². The Labute approximate surface area is 147 Å². The SMILES string of the molecule is Cc1c(C(=O)NCC2CN(CC(C)C)CCO2)oc2c(F)cccc12. The van der Waals surface area contributed by atoms with E-state index in [2.05, 4.69) is 24.1 Å². The normalized spacial score (nSPS) is 18.8. The van der Waals surface area contributed by atoms with Crippen LogP contribution in [-0.4, -0.2) is 49.7 Å². The second-order valence-corrected chi connectivity index (χ2v) is 7.03. The number of hydrogen-bond donors (Lipinski definition) is 1. The van der Waals surface area contributed by atoms with Gasteiger partial charge in [0.15, 0.2) is 17.2 Å². The first-order valence-electron chi connectivity index (χ1n) is 8.75. The zero-order valence-corrected chi connectivity index (χ0v) is 15.0. The Bertz CT molecular complexity index is 756. The van der Waals surface area contributed by atoms with Crippen molar-refractivity contribution in [2.45, 2.75) is 26.9 Å². The van der Waals surface area contributed by atoms with Crippen molar-refractivity contribution < 1.29 is 18.3 Å². The summed E-state index contributed by atoms with van der Waals surface area (Å²) in [6.45, 7) is 9.97. The van der Waals surface area contributed by atoms with Gasteiger partial charge in [-0.3, -0.25) is 9.69 Å². The average Bonchev–Trinajstić information content (AvgIpc) is 2.91. The van der Waals surface area contributed by atoms with Crippen LogP contribution in [0, 0.1) is 18.7 Å². The molecule has 1 amide bonds. The molecule has 0 saturated carbocycles. The molecular formula is C19H25FN2O3. The van der Waals surface area contributed by atoms with Gasteiger partial charge in [0.1, 0.15) is 0 Å². The first-order valence-corrected chi connectivity index (χ1v) is 8.75. The molecule has 0 aliphatic carbocycles. The Balaban J connectivity index is 1.63. The van der Waals surface area contributed by atoms with Gasteiger partial charge in [0.2, 0.25) is 0 Å². The van der Waals surface area contributed by atoms with Crippen molar-refractivity contribution in [2.24, 2.45) is 5.92 Å². The highest BCUT2D eigenvalue weighted by atomic mass is 19.1. The molecule has 1 fully saturated rings. The number of nitrogens with one attached hydrogen (secondary N) is 1. The van der Waals surface area contributed by atoms with Crippen LogP contribution in [0.2, 0.25) is 0 Å². The smallest absolute Gasteiger partial charge is 0.287 e. The van der Waals surface area contributed by atoms with Crippen molar-refractivity contribution in [1.29, 1.82) is 0 Å². The van der Waals surface area contributed by atoms with Crippen LogP contribution >= 0.6 is 0 Å². The van der Waals surface area contributed by atoms with Crippen molar-refractivity contribution >= 4 is 16.9 Å². The Morgan fingerprint density at radius 3 is 2.96 bits per heavy atom. The fourth-order valence-electron chi connectivity index (χ4n) is 3.30. The zero-order chi connectivity index (χ0) is 18.0. The van der Waals surface area contributed by atoms with Gasteiger partial charge in [-0.05, 0) is 18.9 Å². The molecule has 6 heteroatoms. The number of para-hydroxylation sites is 1. The summed E-state index contributed by atoms with van der Waals surface area (Å²) in [6.07, 6.45) is -0.0436. The largest absolute Gasteiger partial charge is 0.448 e. The molecule has 0 spiro atoms. The van der Waals surface area contributed by atoms with Gasteiger partial charge in [-0.1, -0.05) is 26.0 Å². The molecule has 1 aromatic heterocycles. The minimum Gasteiger partial charge on any atom is -0.448 e. The topological polar surface area (TPSA) is 54.7 Å². The van der Waals surface area contributed by atoms with E-state index in [0.717, 1.165) is 19.6 Å². The highest BCUT2D eigenvalue weighted by Gasteiger charge is 2.24. The van der Waals surface area contributed by atoms with Crippen molar-refractivity contribution in [3.8, 4) is 0 Å². The molecule has 1 N–H and O–H groups in total. The Morgan fingerprint density at radius 2 is 2.24 bits per heavy atom. The number of hydrogen-bond acceptors (Lipinski definition) is 4. The van der Waals surface area contributed by atoms with Gasteiger partial charge in [-0.15, -0.1) is 0 Å². The monoisotopic (exact) mass is 348 g/mol. The van der Waals surface area contributed by atoms with E-state index in [9.17, 15) is 9.18 Å². The number of aryl methyl sites for hydroxylation is 1. The second-order valence-electron chi connectivity index (χ2n) is 7.03. The molecule has 1 aromatic carbocycles. The fraction of sp³-hybridized carbons (Fsp3) is 0.526. The van der Waals surface area contributed by atoms with E-state index >= 15 is 0 Å². The predicted octanol–water partition coefficient (Wildman–Crippen LogP) is 2.97. The molecule has 25 heavy (non-hydrogen) atoms. The summed E-state index contributed by atoms with van der Waals surface area (Å²) in [7, 11) is 0. The summed E-state index contributed by atoms with van der Waals surface area (Å²) in [6, 6.07) is 4.69. The first-order chi connectivity index (χ1) is 12.0. The maximum absolute atomic E-state index is 13.8. The van der Waals surface area contributed by atoms with E-state index in [-0.39, 0.29) is 23.4 Å². The number of amides is 1. The molecule has 0 radical (unpaired) electrons. The standard InChI is InChI=1S/C19H25FN2O3/c1-12(2)10-22-7-8-24-14(11-22)9-21-19(23)17-13(3)15-5-4-6-16(20)18(15)25-17/h4-6,12,14H,7-11H2,1-3H3,(H,21,23). The predicted molar refractivity (Wildman–Crippen MR) is 94.3 cm³/mol. The third-order valence-corrected chi connectivity index (χ3v) is 4.46. The molecule has 1 aliphatic rings. The van der Waals surface area contributed by atoms with Crippen LogP contribution in [0.3, 0.4) is 0 Å². The number of benzene rings is 1. The Morgan fingerprint density at radius 1 is 1.44 bits per heavy atom. The van der Waals surface area contributed by atoms with Crippen molar-refractivity contribution in [1.82, 2.24) is 10.2 Å². The van der Waals surface area contributed by atoms with Crippen LogP contribution in [0.5, 0.6) is 0 Å². The number of halogens is 1. The van der Waals surface area contributed by atoms with Gasteiger partial charge in [0.25, 0.3) is 5.91 Å². The van der Waals surface area contributed by atoms with Crippen LogP contribution < -0.4 is 5.32 Å². The summed E-state index contributed by atoms with van der Waals surface area (Å²) in [4.78, 5) is 14.8. The number of furan rings is 1. The lowest BCUT2D eigenvalue weighted by atomic mass is 10.1. The number of morpholine rings is 1. The van der Waals surface area contributed by atoms with Crippen LogP contribution in [-0.2, 0) is 4.74 Å². The van der Waals surface area contributed by atoms with Crippen molar-refractivity contribution in [2.75, 3.05) is 32.8 Å². The second kappa shape index (κ2) is 7.54. The van der Waals surface area contributed by atoms with Gasteiger partial charge < -0.3 is 14.5 Å². The lowest BCUT2D eigenvalue weighted by Gasteiger charge is -2.33. The lowest BCUT2D eigenvalue weighted by Crippen LogP contribution is -2.48. The summed E-state index contributed by atoms with van der Waals surface area (Å²) >= 11 is 0. The summed E-state index contributed by atoms with van der Waals surface area (Å²) in [5, 5.41) is 3.48. The molecular weight excluding hydrogens is 323 g/mol. The molecule has 5 nitrogen and oxygen atoms in total. The third kappa shape index (κ3) is 4.02. The Hall–Kier alpha value is -1.92. The average molecular weight is 348 g/mol. The third-order valence-electron chi connectivity index (χ3n) is 4.46. The van der Waals surface area contributed by atoms with Crippen LogP contribution in [0.25, 0.3) is 11.0 Å². The number of carbonyl (C=O) groups is 1. The van der Waals surface area contributed by atoms with Crippen LogP contribution in [0.15, 0.2) is 22.6 Å². The van der Waals surface area contributed by atoms with E-state index in [1.165, 1.54) is 6.07 Å². The maximum atomic E-state index is 13.8. The highest BCUT2D eigenvalue weighted by molar-refractivity contribution is 5.99. The molecule has 1 unspecified atom stereocenters. The van der Waals surface area contributed by atoms with Gasteiger partial charge in [-0.2, -0.15) is 0 Å². The minimum atomic E-state index is -0.459. The van der Waals surface area contributed by atoms with E-state index in [4.69, 9.17) is 9.15 Å². The highest BCUT2D eigenvalue weighted by Crippen LogP contribution is 2.27. The van der Waals surface area contributed by atoms with Crippen molar-refractivity contribution in [3.63, 3.8) is 0 Å². The molecule has 136 valence electrons. The lowest BCUT2D eigenvalue weighted by molar-refractivity contribution is -0.0296. The minimum absolute atomic E-state index is 0.0436. The van der Waals surface area contributed by atoms with Crippen molar-refractivity contribution in [3.05, 3.63) is 35.3 Å². The molecule has 1 atom stereocenters. The van der Waals surface area contributed by atoms with E-state index < -0.39 is 5.82 Å².